The van der Waals surface area contributed by atoms with Gasteiger partial charge in [0.05, 0.1) is 6.20 Å². The molecule has 4 rings (SSSR count). The Kier molecular flexibility index (Phi) is 8.29. The highest BCUT2D eigenvalue weighted by atomic mass is 16.5. The quantitative estimate of drug-likeness (QED) is 0.550. The van der Waals surface area contributed by atoms with Crippen molar-refractivity contribution >= 4 is 11.8 Å². The van der Waals surface area contributed by atoms with Gasteiger partial charge in [0, 0.05) is 31.9 Å². The van der Waals surface area contributed by atoms with Crippen LogP contribution < -0.4 is 10.1 Å². The van der Waals surface area contributed by atoms with Gasteiger partial charge in [0.15, 0.2) is 0 Å². The molecule has 0 unspecified atom stereocenters. The number of piperazine rings is 1. The molecule has 2 aromatic rings. The second-order valence-electron chi connectivity index (χ2n) is 10.7. The summed E-state index contributed by atoms with van der Waals surface area (Å²) in [5.74, 6) is 1.99. The molecule has 2 aliphatic rings. The highest BCUT2D eigenvalue weighted by Gasteiger charge is 2.53. The van der Waals surface area contributed by atoms with Crippen molar-refractivity contribution in [1.82, 2.24) is 20.1 Å². The number of benzene rings is 1. The lowest BCUT2D eigenvalue weighted by molar-refractivity contribution is -0.161. The molecule has 1 spiro atoms. The third-order valence-corrected chi connectivity index (χ3v) is 7.38. The Bertz CT molecular complexity index is 1030. The summed E-state index contributed by atoms with van der Waals surface area (Å²) < 4.78 is 5.89. The van der Waals surface area contributed by atoms with Gasteiger partial charge in [-0.1, -0.05) is 39.3 Å². The first kappa shape index (κ1) is 26.1. The van der Waals surface area contributed by atoms with Crippen LogP contribution in [-0.2, 0) is 16.1 Å². The SMILES string of the molecule is CCCCN1C(=O)[C@H](CC(C)C)NC(=O)C12CCN(Cc1ccc(Oc3ccc(C)nc3)cc1)CC2. The van der Waals surface area contributed by atoms with Crippen molar-refractivity contribution in [2.75, 3.05) is 19.6 Å². The lowest BCUT2D eigenvalue weighted by atomic mass is 9.80. The summed E-state index contributed by atoms with van der Waals surface area (Å²) in [7, 11) is 0. The summed E-state index contributed by atoms with van der Waals surface area (Å²) >= 11 is 0. The van der Waals surface area contributed by atoms with Gasteiger partial charge in [0.25, 0.3) is 0 Å². The van der Waals surface area contributed by atoms with E-state index in [9.17, 15) is 9.59 Å². The number of carbonyl (C=O) groups is 2. The maximum absolute atomic E-state index is 13.4. The van der Waals surface area contributed by atoms with Gasteiger partial charge in [-0.15, -0.1) is 0 Å². The Morgan fingerprint density at radius 3 is 2.39 bits per heavy atom. The van der Waals surface area contributed by atoms with E-state index in [1.807, 2.05) is 36.1 Å². The van der Waals surface area contributed by atoms with Crippen molar-refractivity contribution in [2.24, 2.45) is 5.92 Å². The molecule has 0 radical (unpaired) electrons. The van der Waals surface area contributed by atoms with Gasteiger partial charge in [0.2, 0.25) is 11.8 Å². The van der Waals surface area contributed by atoms with Gasteiger partial charge in [-0.25, -0.2) is 0 Å². The third-order valence-electron chi connectivity index (χ3n) is 7.38. The molecule has 7 nitrogen and oxygen atoms in total. The molecule has 2 amide bonds. The van der Waals surface area contributed by atoms with Gasteiger partial charge in [-0.2, -0.15) is 0 Å². The van der Waals surface area contributed by atoms with Gasteiger partial charge >= 0.3 is 0 Å². The molecule has 3 heterocycles. The second-order valence-corrected chi connectivity index (χ2v) is 10.7. The molecule has 36 heavy (non-hydrogen) atoms. The summed E-state index contributed by atoms with van der Waals surface area (Å²) in [6.07, 6.45) is 5.69. The van der Waals surface area contributed by atoms with E-state index in [0.29, 0.717) is 31.7 Å². The molecule has 194 valence electrons. The smallest absolute Gasteiger partial charge is 0.246 e. The summed E-state index contributed by atoms with van der Waals surface area (Å²) in [5, 5.41) is 3.09. The molecular formula is C29H40N4O3. The fourth-order valence-corrected chi connectivity index (χ4v) is 5.30. The maximum atomic E-state index is 13.4. The lowest BCUT2D eigenvalue weighted by Crippen LogP contribution is -2.73. The van der Waals surface area contributed by atoms with Crippen LogP contribution in [0.4, 0.5) is 0 Å². The van der Waals surface area contributed by atoms with E-state index >= 15 is 0 Å². The molecule has 1 aromatic carbocycles. The van der Waals surface area contributed by atoms with Gasteiger partial charge in [-0.05, 0) is 68.4 Å². The van der Waals surface area contributed by atoms with Crippen LogP contribution in [0.2, 0.25) is 0 Å². The van der Waals surface area contributed by atoms with Crippen LogP contribution in [0.5, 0.6) is 11.5 Å². The van der Waals surface area contributed by atoms with Crippen LogP contribution in [0.25, 0.3) is 0 Å². The first-order valence-corrected chi connectivity index (χ1v) is 13.3. The highest BCUT2D eigenvalue weighted by Crippen LogP contribution is 2.35. The second kappa shape index (κ2) is 11.4. The number of likely N-dealkylation sites (tertiary alicyclic amines) is 1. The molecule has 0 saturated carbocycles. The number of rotatable bonds is 9. The van der Waals surface area contributed by atoms with Crippen molar-refractivity contribution in [2.45, 2.75) is 77.9 Å². The Morgan fingerprint density at radius 2 is 1.78 bits per heavy atom. The Hall–Kier alpha value is -2.93. The molecular weight excluding hydrogens is 452 g/mol. The molecule has 0 aliphatic carbocycles. The standard InChI is InChI=1S/C29H40N4O3/c1-5-6-15-33-27(34)26(18-21(2)3)31-28(35)29(33)13-16-32(17-14-29)20-23-8-11-24(12-9-23)36-25-10-7-22(4)30-19-25/h7-12,19,21,26H,5-6,13-18,20H2,1-4H3,(H,31,35)/t26-/m0/s1. The fraction of sp³-hybridized carbons (Fsp3) is 0.552. The number of unbranched alkanes of at least 4 members (excludes halogenated alkanes) is 1. The van der Waals surface area contributed by atoms with Crippen molar-refractivity contribution in [3.63, 3.8) is 0 Å². The number of nitrogens with zero attached hydrogens (tertiary/aromatic N) is 3. The minimum atomic E-state index is -0.712. The summed E-state index contributed by atoms with van der Waals surface area (Å²) in [4.78, 5) is 35.4. The number of amides is 2. The van der Waals surface area contributed by atoms with Crippen molar-refractivity contribution < 1.29 is 14.3 Å². The monoisotopic (exact) mass is 492 g/mol. The van der Waals surface area contributed by atoms with Crippen LogP contribution in [-0.4, -0.2) is 57.8 Å². The zero-order valence-corrected chi connectivity index (χ0v) is 22.1. The summed E-state index contributed by atoms with van der Waals surface area (Å²) in [6, 6.07) is 11.6. The fourth-order valence-electron chi connectivity index (χ4n) is 5.30. The number of nitrogens with one attached hydrogen (secondary N) is 1. The zero-order chi connectivity index (χ0) is 25.7. The summed E-state index contributed by atoms with van der Waals surface area (Å²) in [5.41, 5.74) is 1.44. The molecule has 1 N–H and O–H groups in total. The van der Waals surface area contributed by atoms with E-state index in [-0.39, 0.29) is 11.8 Å². The van der Waals surface area contributed by atoms with Crippen molar-refractivity contribution in [3.05, 3.63) is 53.9 Å². The van der Waals surface area contributed by atoms with E-state index in [0.717, 1.165) is 49.7 Å². The van der Waals surface area contributed by atoms with Crippen molar-refractivity contribution in [3.8, 4) is 11.5 Å². The number of hydrogen-bond donors (Lipinski definition) is 1. The minimum absolute atomic E-state index is 0.0376. The largest absolute Gasteiger partial charge is 0.456 e. The predicted octanol–water partition coefficient (Wildman–Crippen LogP) is 4.69. The number of aryl methyl sites for hydroxylation is 1. The average Bonchev–Trinajstić information content (AvgIpc) is 2.86. The van der Waals surface area contributed by atoms with Crippen LogP contribution in [0.1, 0.15) is 64.1 Å². The maximum Gasteiger partial charge on any atom is 0.246 e. The number of aromatic nitrogens is 1. The van der Waals surface area contributed by atoms with Crippen LogP contribution >= 0.6 is 0 Å². The van der Waals surface area contributed by atoms with E-state index in [2.05, 4.69) is 48.1 Å². The van der Waals surface area contributed by atoms with Crippen LogP contribution in [0.15, 0.2) is 42.6 Å². The first-order valence-electron chi connectivity index (χ1n) is 13.3. The number of pyridine rings is 1. The van der Waals surface area contributed by atoms with Gasteiger partial charge in [0.1, 0.15) is 23.1 Å². The van der Waals surface area contributed by atoms with Crippen LogP contribution in [0.3, 0.4) is 0 Å². The predicted molar refractivity (Wildman–Crippen MR) is 141 cm³/mol. The number of ether oxygens (including phenoxy) is 1. The lowest BCUT2D eigenvalue weighted by Gasteiger charge is -2.52. The first-order chi connectivity index (χ1) is 17.3. The zero-order valence-electron chi connectivity index (χ0n) is 22.1. The van der Waals surface area contributed by atoms with Crippen molar-refractivity contribution in [1.29, 1.82) is 0 Å². The third kappa shape index (κ3) is 5.89. The molecule has 1 aromatic heterocycles. The Balaban J connectivity index is 1.38. The molecule has 0 bridgehead atoms. The summed E-state index contributed by atoms with van der Waals surface area (Å²) in [6.45, 7) is 11.3. The van der Waals surface area contributed by atoms with E-state index in [4.69, 9.17) is 4.74 Å². The highest BCUT2D eigenvalue weighted by molar-refractivity contribution is 6.00. The van der Waals surface area contributed by atoms with E-state index in [1.165, 1.54) is 5.56 Å². The minimum Gasteiger partial charge on any atom is -0.456 e. The Morgan fingerprint density at radius 1 is 1.08 bits per heavy atom. The van der Waals surface area contributed by atoms with E-state index in [1.54, 1.807) is 6.20 Å². The van der Waals surface area contributed by atoms with Crippen LogP contribution in [0, 0.1) is 12.8 Å². The Labute approximate surface area is 215 Å². The molecule has 2 saturated heterocycles. The number of hydrogen-bond acceptors (Lipinski definition) is 5. The molecule has 2 fully saturated rings. The molecule has 2 aliphatic heterocycles. The molecule has 7 heteroatoms. The van der Waals surface area contributed by atoms with Gasteiger partial charge < -0.3 is 15.0 Å². The molecule has 1 atom stereocenters. The number of piperidine rings is 1. The van der Waals surface area contributed by atoms with Gasteiger partial charge in [-0.3, -0.25) is 19.5 Å². The normalized spacial score (nSPS) is 20.1. The number of carbonyl (C=O) groups excluding carboxylic acids is 2. The van der Waals surface area contributed by atoms with E-state index < -0.39 is 11.6 Å². The topological polar surface area (TPSA) is 74.8 Å². The average molecular weight is 493 g/mol.